The molecular weight excluding hydrogens is 671 g/mol. The van der Waals surface area contributed by atoms with Gasteiger partial charge in [-0.1, -0.05) is 158 Å². The van der Waals surface area contributed by atoms with Crippen molar-refractivity contribution in [3.05, 3.63) is 212 Å². The van der Waals surface area contributed by atoms with Crippen LogP contribution in [0.15, 0.2) is 212 Å². The summed E-state index contributed by atoms with van der Waals surface area (Å²) in [6.07, 6.45) is 0. The Hall–Kier alpha value is -7.36. The van der Waals surface area contributed by atoms with Crippen LogP contribution in [-0.4, -0.2) is 0 Å². The number of anilines is 3. The van der Waals surface area contributed by atoms with Gasteiger partial charge in [-0.25, -0.2) is 0 Å². The van der Waals surface area contributed by atoms with Crippen molar-refractivity contribution >= 4 is 27.8 Å². The summed E-state index contributed by atoms with van der Waals surface area (Å²) in [5, 5.41) is 2.06. The minimum atomic E-state index is 0.695. The molecule has 260 valence electrons. The molecule has 9 aromatic carbocycles. The third-order valence-corrected chi connectivity index (χ3v) is 10.4. The summed E-state index contributed by atoms with van der Waals surface area (Å²) in [5.74, 6) is 2.99. The molecule has 55 heavy (non-hydrogen) atoms. The Balaban J connectivity index is 1.000. The molecule has 0 aliphatic carbocycles. The van der Waals surface area contributed by atoms with Crippen molar-refractivity contribution in [1.29, 1.82) is 0 Å². The maximum atomic E-state index is 6.67. The van der Waals surface area contributed by atoms with Gasteiger partial charge in [-0.05, 0) is 98.9 Å². The number of hydrogen-bond donors (Lipinski definition) is 0. The van der Waals surface area contributed by atoms with E-state index in [1.54, 1.807) is 0 Å². The number of rotatable bonds is 7. The highest BCUT2D eigenvalue weighted by Crippen LogP contribution is 2.49. The highest BCUT2D eigenvalue weighted by molar-refractivity contribution is 5.95. The van der Waals surface area contributed by atoms with Crippen LogP contribution >= 0.6 is 0 Å². The molecule has 0 spiro atoms. The Bertz CT molecular complexity index is 2750. The van der Waals surface area contributed by atoms with Gasteiger partial charge in [0.05, 0.1) is 5.39 Å². The van der Waals surface area contributed by atoms with Gasteiger partial charge in [0, 0.05) is 22.6 Å². The fraction of sp³-hybridized carbons (Fsp3) is 0. The van der Waals surface area contributed by atoms with E-state index in [1.165, 1.54) is 33.4 Å². The van der Waals surface area contributed by atoms with Crippen LogP contribution in [0.2, 0.25) is 0 Å². The lowest BCUT2D eigenvalue weighted by Gasteiger charge is -2.26. The Labute approximate surface area is 320 Å². The molecule has 1 aliphatic rings. The van der Waals surface area contributed by atoms with Gasteiger partial charge in [-0.3, -0.25) is 0 Å². The van der Waals surface area contributed by atoms with Gasteiger partial charge in [0.2, 0.25) is 0 Å². The maximum Gasteiger partial charge on any atom is 0.177 e. The molecule has 0 N–H and O–H groups in total. The van der Waals surface area contributed by atoms with Crippen LogP contribution in [0.5, 0.6) is 23.0 Å². The van der Waals surface area contributed by atoms with E-state index in [4.69, 9.17) is 9.47 Å². The zero-order valence-electron chi connectivity index (χ0n) is 30.0. The summed E-state index contributed by atoms with van der Waals surface area (Å²) >= 11 is 0. The van der Waals surface area contributed by atoms with Crippen molar-refractivity contribution in [2.75, 3.05) is 4.90 Å². The van der Waals surface area contributed by atoms with Gasteiger partial charge in [0.1, 0.15) is 11.5 Å². The van der Waals surface area contributed by atoms with Crippen molar-refractivity contribution in [3.8, 4) is 67.5 Å². The zero-order valence-corrected chi connectivity index (χ0v) is 30.0. The minimum Gasteiger partial charge on any atom is -0.453 e. The first-order valence-electron chi connectivity index (χ1n) is 18.6. The largest absolute Gasteiger partial charge is 0.453 e. The Morgan fingerprint density at radius 2 is 0.655 bits per heavy atom. The van der Waals surface area contributed by atoms with Gasteiger partial charge in [0.25, 0.3) is 0 Å². The van der Waals surface area contributed by atoms with E-state index in [9.17, 15) is 0 Å². The molecule has 0 saturated carbocycles. The number of benzene rings is 9. The van der Waals surface area contributed by atoms with Gasteiger partial charge in [-0.2, -0.15) is 0 Å². The molecule has 0 aromatic heterocycles. The second-order valence-electron chi connectivity index (χ2n) is 13.7. The Kier molecular flexibility index (Phi) is 8.16. The first kappa shape index (κ1) is 32.3. The highest BCUT2D eigenvalue weighted by atomic mass is 16.5. The van der Waals surface area contributed by atoms with Crippen molar-refractivity contribution in [3.63, 3.8) is 0 Å². The van der Waals surface area contributed by atoms with E-state index in [0.717, 1.165) is 50.5 Å². The van der Waals surface area contributed by atoms with Gasteiger partial charge in [0.15, 0.2) is 11.5 Å². The number of hydrogen-bond acceptors (Lipinski definition) is 3. The lowest BCUT2D eigenvalue weighted by atomic mass is 10.00. The second-order valence-corrected chi connectivity index (χ2v) is 13.7. The third kappa shape index (κ3) is 6.18. The SMILES string of the molecule is c1ccc(-c2ccc(-c3ccc(N(c4ccc(-c5ccccc5)cc4)c4ccc(-c5cccc6c5Oc5cccc7cccc(c57)O6)cc4)cc3)cc2)cc1. The monoisotopic (exact) mass is 705 g/mol. The lowest BCUT2D eigenvalue weighted by Crippen LogP contribution is -2.09. The number of nitrogens with zero attached hydrogens (tertiary/aromatic N) is 1. The Morgan fingerprint density at radius 1 is 0.273 bits per heavy atom. The van der Waals surface area contributed by atoms with Gasteiger partial charge >= 0.3 is 0 Å². The molecule has 3 nitrogen and oxygen atoms in total. The maximum absolute atomic E-state index is 6.67. The normalized spacial score (nSPS) is 11.6. The smallest absolute Gasteiger partial charge is 0.177 e. The highest BCUT2D eigenvalue weighted by Gasteiger charge is 2.22. The van der Waals surface area contributed by atoms with E-state index in [0.29, 0.717) is 11.5 Å². The number of para-hydroxylation sites is 1. The summed E-state index contributed by atoms with van der Waals surface area (Å²) in [4.78, 5) is 2.31. The predicted octanol–water partition coefficient (Wildman–Crippen LogP) is 14.9. The summed E-state index contributed by atoms with van der Waals surface area (Å²) in [6.45, 7) is 0. The Morgan fingerprint density at radius 3 is 1.15 bits per heavy atom. The lowest BCUT2D eigenvalue weighted by molar-refractivity contribution is 0.440. The molecule has 10 rings (SSSR count). The van der Waals surface area contributed by atoms with Crippen LogP contribution in [0.3, 0.4) is 0 Å². The first-order chi connectivity index (χ1) is 27.2. The van der Waals surface area contributed by atoms with Crippen molar-refractivity contribution in [1.82, 2.24) is 0 Å². The number of ether oxygens (including phenoxy) is 2. The molecule has 0 amide bonds. The van der Waals surface area contributed by atoms with Crippen molar-refractivity contribution in [2.24, 2.45) is 0 Å². The molecule has 9 aromatic rings. The summed E-state index contributed by atoms with van der Waals surface area (Å²) < 4.78 is 13.2. The second kappa shape index (κ2) is 13.9. The van der Waals surface area contributed by atoms with E-state index in [-0.39, 0.29) is 0 Å². The molecule has 0 unspecified atom stereocenters. The molecule has 3 heteroatoms. The molecule has 0 saturated heterocycles. The fourth-order valence-corrected chi connectivity index (χ4v) is 7.56. The van der Waals surface area contributed by atoms with E-state index in [2.05, 4.69) is 181 Å². The van der Waals surface area contributed by atoms with Crippen molar-refractivity contribution < 1.29 is 9.47 Å². The van der Waals surface area contributed by atoms with Crippen LogP contribution in [0.25, 0.3) is 55.3 Å². The third-order valence-electron chi connectivity index (χ3n) is 10.4. The summed E-state index contributed by atoms with van der Waals surface area (Å²) in [5.41, 5.74) is 12.4. The molecular formula is C52H35NO2. The van der Waals surface area contributed by atoms with Crippen LogP contribution in [-0.2, 0) is 0 Å². The van der Waals surface area contributed by atoms with E-state index < -0.39 is 0 Å². The topological polar surface area (TPSA) is 21.7 Å². The zero-order chi connectivity index (χ0) is 36.6. The summed E-state index contributed by atoms with van der Waals surface area (Å²) in [6, 6.07) is 74.5. The predicted molar refractivity (Wildman–Crippen MR) is 227 cm³/mol. The van der Waals surface area contributed by atoms with Crippen LogP contribution < -0.4 is 14.4 Å². The minimum absolute atomic E-state index is 0.695. The molecule has 0 radical (unpaired) electrons. The average molecular weight is 706 g/mol. The molecule has 1 heterocycles. The standard InChI is InChI=1S/C52H35NO2/c1-3-10-36(11-4-1)38-20-22-39(23-21-38)41-26-32-45(33-27-41)53(44-30-24-40(25-31-44)37-12-5-2-6-13-37)46-34-28-42(29-35-46)47-16-9-19-50-52(47)55-49-18-8-15-43-14-7-17-48(54-50)51(43)49/h1-35H. The van der Waals surface area contributed by atoms with Gasteiger partial charge in [-0.15, -0.1) is 0 Å². The molecule has 1 aliphatic heterocycles. The fourth-order valence-electron chi connectivity index (χ4n) is 7.56. The molecule has 0 bridgehead atoms. The molecule has 0 fully saturated rings. The summed E-state index contributed by atoms with van der Waals surface area (Å²) in [7, 11) is 0. The average Bonchev–Trinajstić information content (AvgIpc) is 3.43. The first-order valence-corrected chi connectivity index (χ1v) is 18.6. The quantitative estimate of drug-likeness (QED) is 0.165. The van der Waals surface area contributed by atoms with E-state index >= 15 is 0 Å². The van der Waals surface area contributed by atoms with Crippen LogP contribution in [0.4, 0.5) is 17.1 Å². The van der Waals surface area contributed by atoms with E-state index in [1.807, 2.05) is 36.4 Å². The number of fused-ring (bicyclic) bond motifs is 1. The van der Waals surface area contributed by atoms with Gasteiger partial charge < -0.3 is 14.4 Å². The van der Waals surface area contributed by atoms with Crippen LogP contribution in [0, 0.1) is 0 Å². The van der Waals surface area contributed by atoms with Crippen LogP contribution in [0.1, 0.15) is 0 Å². The van der Waals surface area contributed by atoms with Crippen molar-refractivity contribution in [2.45, 2.75) is 0 Å². The molecule has 0 atom stereocenters.